The molecule has 178 valence electrons. The van der Waals surface area contributed by atoms with Crippen LogP contribution in [0.2, 0.25) is 0 Å². The maximum absolute atomic E-state index is 13.1. The van der Waals surface area contributed by atoms with E-state index in [0.29, 0.717) is 23.2 Å². The summed E-state index contributed by atoms with van der Waals surface area (Å²) >= 11 is 0. The molecule has 0 spiro atoms. The van der Waals surface area contributed by atoms with Crippen LogP contribution in [-0.4, -0.2) is 42.1 Å². The lowest BCUT2D eigenvalue weighted by Crippen LogP contribution is -2.40. The van der Waals surface area contributed by atoms with Gasteiger partial charge in [-0.2, -0.15) is 18.4 Å². The Morgan fingerprint density at radius 3 is 2.53 bits per heavy atom. The number of aromatic amines is 1. The number of nitrogens with one attached hydrogen (secondary N) is 1. The van der Waals surface area contributed by atoms with Crippen LogP contribution in [0, 0.1) is 11.3 Å². The number of aromatic nitrogens is 1. The van der Waals surface area contributed by atoms with Crippen molar-refractivity contribution in [2.45, 2.75) is 50.2 Å². The van der Waals surface area contributed by atoms with Crippen molar-refractivity contribution in [3.63, 3.8) is 0 Å². The van der Waals surface area contributed by atoms with Crippen LogP contribution >= 0.6 is 0 Å². The summed E-state index contributed by atoms with van der Waals surface area (Å²) in [6.45, 7) is 3.40. The van der Waals surface area contributed by atoms with Crippen LogP contribution in [0.3, 0.4) is 0 Å². The molecular formula is C27H29F3N4. The number of H-pyrrole nitrogens is 1. The Morgan fingerprint density at radius 1 is 0.941 bits per heavy atom. The van der Waals surface area contributed by atoms with Crippen LogP contribution in [0.5, 0.6) is 0 Å². The smallest absolute Gasteiger partial charge is 0.370 e. The van der Waals surface area contributed by atoms with Gasteiger partial charge in [-0.15, -0.1) is 0 Å². The van der Waals surface area contributed by atoms with E-state index < -0.39 is 11.7 Å². The van der Waals surface area contributed by atoms with Gasteiger partial charge in [0.1, 0.15) is 0 Å². The summed E-state index contributed by atoms with van der Waals surface area (Å²) in [5, 5.41) is 10.4. The number of halogens is 3. The minimum absolute atomic E-state index is 0.493. The zero-order valence-corrected chi connectivity index (χ0v) is 19.1. The van der Waals surface area contributed by atoms with Crippen molar-refractivity contribution < 1.29 is 13.2 Å². The van der Waals surface area contributed by atoms with Gasteiger partial charge in [0.15, 0.2) is 0 Å². The maximum Gasteiger partial charge on any atom is 0.416 e. The molecule has 2 aromatic carbocycles. The van der Waals surface area contributed by atoms with Crippen LogP contribution in [0.25, 0.3) is 10.9 Å². The molecule has 2 fully saturated rings. The highest BCUT2D eigenvalue weighted by atomic mass is 19.4. The summed E-state index contributed by atoms with van der Waals surface area (Å²) < 4.78 is 39.4. The van der Waals surface area contributed by atoms with E-state index in [1.165, 1.54) is 17.7 Å². The number of hydrogen-bond donors (Lipinski definition) is 1. The van der Waals surface area contributed by atoms with Crippen LogP contribution in [0.4, 0.5) is 18.9 Å². The average molecular weight is 467 g/mol. The number of hydrogen-bond acceptors (Lipinski definition) is 3. The number of alkyl halides is 3. The zero-order valence-electron chi connectivity index (χ0n) is 19.1. The van der Waals surface area contributed by atoms with Gasteiger partial charge in [-0.05, 0) is 80.0 Å². The second-order valence-electron chi connectivity index (χ2n) is 9.55. The normalized spacial score (nSPS) is 22.5. The van der Waals surface area contributed by atoms with Gasteiger partial charge in [0, 0.05) is 55.0 Å². The van der Waals surface area contributed by atoms with Gasteiger partial charge in [0.05, 0.1) is 17.2 Å². The Labute approximate surface area is 198 Å². The first-order valence-corrected chi connectivity index (χ1v) is 12.1. The highest BCUT2D eigenvalue weighted by molar-refractivity contribution is 5.85. The summed E-state index contributed by atoms with van der Waals surface area (Å²) in [7, 11) is 0. The maximum atomic E-state index is 13.1. The molecule has 0 atom stereocenters. The number of benzene rings is 2. The lowest BCUT2D eigenvalue weighted by Gasteiger charge is -2.36. The molecule has 0 amide bonds. The Balaban J connectivity index is 1.21. The first-order valence-electron chi connectivity index (χ1n) is 12.1. The van der Waals surface area contributed by atoms with E-state index in [1.54, 1.807) is 6.07 Å². The minimum Gasteiger partial charge on any atom is -0.370 e. The molecule has 1 aliphatic heterocycles. The molecule has 2 heterocycles. The third kappa shape index (κ3) is 4.65. The summed E-state index contributed by atoms with van der Waals surface area (Å²) in [5.74, 6) is 0.493. The quantitative estimate of drug-likeness (QED) is 0.493. The molecule has 7 heteroatoms. The van der Waals surface area contributed by atoms with E-state index in [-0.39, 0.29) is 0 Å². The van der Waals surface area contributed by atoms with Crippen LogP contribution in [0.15, 0.2) is 48.7 Å². The van der Waals surface area contributed by atoms with E-state index in [4.69, 9.17) is 0 Å². The first-order chi connectivity index (χ1) is 16.4. The number of nitrogens with zero attached hydrogens (tertiary/aromatic N) is 3. The Hall–Kier alpha value is -2.98. The van der Waals surface area contributed by atoms with E-state index in [9.17, 15) is 18.4 Å². The third-order valence-electron chi connectivity index (χ3n) is 7.56. The minimum atomic E-state index is -4.31. The standard InChI is InChI=1S/C27H29F3N4/c28-27(29,30)21-3-1-4-23(16-21)34-12-2-11-33(13-14-34)22-8-6-20(7-9-22)25-18-32-26-10-5-19(17-31)15-24(25)26/h1,3-5,10,15-16,18,20,22,32H,2,6-9,11-14H2. The summed E-state index contributed by atoms with van der Waals surface area (Å²) in [6.07, 6.45) is 3.22. The van der Waals surface area contributed by atoms with Gasteiger partial charge >= 0.3 is 6.18 Å². The van der Waals surface area contributed by atoms with E-state index in [0.717, 1.165) is 75.3 Å². The van der Waals surface area contributed by atoms with Gasteiger partial charge in [0.25, 0.3) is 0 Å². The van der Waals surface area contributed by atoms with Crippen LogP contribution < -0.4 is 4.90 Å². The fourth-order valence-corrected chi connectivity index (χ4v) is 5.74. The van der Waals surface area contributed by atoms with Crippen molar-refractivity contribution in [1.82, 2.24) is 9.88 Å². The molecule has 1 aromatic heterocycles. The van der Waals surface area contributed by atoms with Crippen molar-refractivity contribution in [2.24, 2.45) is 0 Å². The molecule has 2 aliphatic rings. The molecule has 0 bridgehead atoms. The van der Waals surface area contributed by atoms with Gasteiger partial charge in [-0.3, -0.25) is 4.90 Å². The van der Waals surface area contributed by atoms with Gasteiger partial charge < -0.3 is 9.88 Å². The fourth-order valence-electron chi connectivity index (χ4n) is 5.74. The molecule has 1 aliphatic carbocycles. The number of nitriles is 1. The lowest BCUT2D eigenvalue weighted by atomic mass is 9.81. The van der Waals surface area contributed by atoms with Crippen molar-refractivity contribution in [3.8, 4) is 6.07 Å². The number of fused-ring (bicyclic) bond motifs is 1. The van der Waals surface area contributed by atoms with Crippen LogP contribution in [0.1, 0.15) is 54.7 Å². The second-order valence-corrected chi connectivity index (χ2v) is 9.55. The average Bonchev–Trinajstić information content (AvgIpc) is 3.11. The fraction of sp³-hybridized carbons (Fsp3) is 0.444. The molecule has 0 radical (unpaired) electrons. The highest BCUT2D eigenvalue weighted by Crippen LogP contribution is 2.38. The van der Waals surface area contributed by atoms with Gasteiger partial charge in [0.2, 0.25) is 0 Å². The van der Waals surface area contributed by atoms with Crippen molar-refractivity contribution >= 4 is 16.6 Å². The molecular weight excluding hydrogens is 437 g/mol. The summed E-state index contributed by atoms with van der Waals surface area (Å²) in [5.41, 5.74) is 3.17. The third-order valence-corrected chi connectivity index (χ3v) is 7.56. The van der Waals surface area contributed by atoms with Crippen molar-refractivity contribution in [1.29, 1.82) is 5.26 Å². The largest absolute Gasteiger partial charge is 0.416 e. The van der Waals surface area contributed by atoms with Crippen molar-refractivity contribution in [3.05, 3.63) is 65.4 Å². The molecule has 34 heavy (non-hydrogen) atoms. The summed E-state index contributed by atoms with van der Waals surface area (Å²) in [4.78, 5) is 8.00. The molecule has 0 unspecified atom stereocenters. The number of rotatable bonds is 3. The predicted octanol–water partition coefficient (Wildman–Crippen LogP) is 6.30. The molecule has 5 rings (SSSR count). The second kappa shape index (κ2) is 9.34. The Bertz CT molecular complexity index is 1180. The SMILES string of the molecule is N#Cc1ccc2[nH]cc(C3CCC(N4CCCN(c5cccc(C(F)(F)F)c5)CC4)CC3)c2c1. The lowest BCUT2D eigenvalue weighted by molar-refractivity contribution is -0.137. The molecule has 1 N–H and O–H groups in total. The molecule has 4 nitrogen and oxygen atoms in total. The topological polar surface area (TPSA) is 46.1 Å². The van der Waals surface area contributed by atoms with E-state index >= 15 is 0 Å². The zero-order chi connectivity index (χ0) is 23.7. The highest BCUT2D eigenvalue weighted by Gasteiger charge is 2.32. The van der Waals surface area contributed by atoms with Gasteiger partial charge in [-0.1, -0.05) is 6.07 Å². The van der Waals surface area contributed by atoms with E-state index in [1.807, 2.05) is 18.2 Å². The number of anilines is 1. The van der Waals surface area contributed by atoms with Crippen LogP contribution in [-0.2, 0) is 6.18 Å². The molecule has 1 saturated carbocycles. The van der Waals surface area contributed by atoms with E-state index in [2.05, 4.69) is 27.0 Å². The van der Waals surface area contributed by atoms with Crippen molar-refractivity contribution in [2.75, 3.05) is 31.1 Å². The molecule has 1 saturated heterocycles. The predicted molar refractivity (Wildman–Crippen MR) is 128 cm³/mol. The monoisotopic (exact) mass is 466 g/mol. The Kier molecular flexibility index (Phi) is 6.26. The van der Waals surface area contributed by atoms with Gasteiger partial charge in [-0.25, -0.2) is 0 Å². The first kappa shape index (κ1) is 22.8. The molecule has 3 aromatic rings. The summed E-state index contributed by atoms with van der Waals surface area (Å²) in [6, 6.07) is 14.3. The Morgan fingerprint density at radius 2 is 1.76 bits per heavy atom.